The van der Waals surface area contributed by atoms with Gasteiger partial charge in [-0.2, -0.15) is 0 Å². The molecule has 1 saturated carbocycles. The number of rotatable bonds is 12. The molecule has 2 amide bonds. The average Bonchev–Trinajstić information content (AvgIpc) is 3.72. The van der Waals surface area contributed by atoms with Gasteiger partial charge in [-0.05, 0) is 37.0 Å². The van der Waals surface area contributed by atoms with Gasteiger partial charge in [-0.3, -0.25) is 28.5 Å². The van der Waals surface area contributed by atoms with E-state index in [1.165, 1.54) is 21.4 Å². The molecule has 4 aromatic rings. The Balaban J connectivity index is 1.38. The second-order valence-electron chi connectivity index (χ2n) is 10.1. The van der Waals surface area contributed by atoms with Crippen LogP contribution in [0.5, 0.6) is 0 Å². The molecule has 1 aliphatic carbocycles. The minimum Gasteiger partial charge on any atom is -0.383 e. The zero-order valence-corrected chi connectivity index (χ0v) is 23.1. The molecule has 0 bridgehead atoms. The number of methoxy groups -OCH3 is 1. The summed E-state index contributed by atoms with van der Waals surface area (Å²) < 4.78 is 7.86. The van der Waals surface area contributed by atoms with E-state index in [0.29, 0.717) is 49.6 Å². The molecular formula is C29H33N7O5. The second kappa shape index (κ2) is 12.3. The van der Waals surface area contributed by atoms with Crippen LogP contribution in [-0.4, -0.2) is 62.2 Å². The molecule has 3 heterocycles. The molecule has 0 spiro atoms. The number of amides is 2. The highest BCUT2D eigenvalue weighted by atomic mass is 16.5. The Morgan fingerprint density at radius 1 is 1.15 bits per heavy atom. The normalized spacial score (nSPS) is 13.7. The highest BCUT2D eigenvalue weighted by molar-refractivity contribution is 5.96. The molecule has 1 fully saturated rings. The number of carbonyl (C=O) groups excluding carboxylic acids is 2. The lowest BCUT2D eigenvalue weighted by Crippen LogP contribution is -2.48. The summed E-state index contributed by atoms with van der Waals surface area (Å²) in [5.41, 5.74) is 1.41. The maximum Gasteiger partial charge on any atom is 0.333 e. The Hall–Kier alpha value is -4.58. The van der Waals surface area contributed by atoms with Gasteiger partial charge in [0.25, 0.3) is 11.5 Å². The van der Waals surface area contributed by atoms with Crippen molar-refractivity contribution >= 4 is 23.0 Å². The van der Waals surface area contributed by atoms with E-state index in [2.05, 4.69) is 25.6 Å². The number of ether oxygens (including phenoxy) is 1. The minimum absolute atomic E-state index is 0.0681. The summed E-state index contributed by atoms with van der Waals surface area (Å²) in [5.74, 6) is -0.463. The van der Waals surface area contributed by atoms with Gasteiger partial charge in [0.05, 0.1) is 6.61 Å². The fraction of sp³-hybridized carbons (Fsp3) is 0.379. The third-order valence-corrected chi connectivity index (χ3v) is 6.95. The molecule has 0 saturated heterocycles. The lowest BCUT2D eigenvalue weighted by Gasteiger charge is -2.18. The first-order valence-corrected chi connectivity index (χ1v) is 13.7. The van der Waals surface area contributed by atoms with Crippen LogP contribution in [0.2, 0.25) is 0 Å². The first-order valence-electron chi connectivity index (χ1n) is 13.7. The zero-order valence-electron chi connectivity index (χ0n) is 23.1. The van der Waals surface area contributed by atoms with Crippen LogP contribution in [0, 0.1) is 0 Å². The van der Waals surface area contributed by atoms with Gasteiger partial charge in [0, 0.05) is 44.4 Å². The third kappa shape index (κ3) is 6.12. The number of hydrogen-bond acceptors (Lipinski definition) is 7. The Morgan fingerprint density at radius 3 is 2.59 bits per heavy atom. The van der Waals surface area contributed by atoms with Crippen LogP contribution in [0.3, 0.4) is 0 Å². The van der Waals surface area contributed by atoms with Crippen molar-refractivity contribution in [1.82, 2.24) is 34.7 Å². The quantitative estimate of drug-likeness (QED) is 0.224. The second-order valence-corrected chi connectivity index (χ2v) is 10.1. The first kappa shape index (κ1) is 28.0. The number of fused-ring (bicyclic) bond motifs is 1. The van der Waals surface area contributed by atoms with E-state index in [4.69, 9.17) is 4.74 Å². The molecule has 5 rings (SSSR count). The summed E-state index contributed by atoms with van der Waals surface area (Å²) in [6, 6.07) is 11.7. The van der Waals surface area contributed by atoms with Gasteiger partial charge in [0.15, 0.2) is 5.65 Å². The number of hydrogen-bond donors (Lipinski definition) is 3. The molecule has 3 aromatic heterocycles. The maximum atomic E-state index is 13.1. The van der Waals surface area contributed by atoms with Crippen LogP contribution < -0.4 is 21.9 Å². The number of aryl methyl sites for hydroxylation is 1. The predicted octanol–water partition coefficient (Wildman–Crippen LogP) is 1.80. The monoisotopic (exact) mass is 559 g/mol. The number of aromatic nitrogens is 5. The zero-order chi connectivity index (χ0) is 28.9. The molecular weight excluding hydrogens is 526 g/mol. The number of benzene rings is 1. The molecule has 3 N–H and O–H groups in total. The van der Waals surface area contributed by atoms with Crippen LogP contribution in [0.1, 0.15) is 48.3 Å². The molecule has 1 aliphatic rings. The van der Waals surface area contributed by atoms with E-state index in [1.54, 1.807) is 13.2 Å². The Labute approximate surface area is 235 Å². The van der Waals surface area contributed by atoms with E-state index in [9.17, 15) is 19.2 Å². The summed E-state index contributed by atoms with van der Waals surface area (Å²) in [6.07, 6.45) is 4.10. The van der Waals surface area contributed by atoms with Crippen molar-refractivity contribution in [3.63, 3.8) is 0 Å². The predicted molar refractivity (Wildman–Crippen MR) is 153 cm³/mol. The van der Waals surface area contributed by atoms with E-state index < -0.39 is 11.9 Å². The van der Waals surface area contributed by atoms with Crippen molar-refractivity contribution in [2.75, 3.05) is 20.3 Å². The molecule has 1 atom stereocenters. The highest BCUT2D eigenvalue weighted by Gasteiger charge is 2.30. The van der Waals surface area contributed by atoms with Crippen molar-refractivity contribution in [3.05, 3.63) is 80.8 Å². The van der Waals surface area contributed by atoms with Crippen LogP contribution in [0.25, 0.3) is 22.6 Å². The smallest absolute Gasteiger partial charge is 0.333 e. The van der Waals surface area contributed by atoms with E-state index in [-0.39, 0.29) is 34.4 Å². The Bertz CT molecular complexity index is 1650. The lowest BCUT2D eigenvalue weighted by molar-refractivity contribution is -0.123. The molecule has 41 heavy (non-hydrogen) atoms. The van der Waals surface area contributed by atoms with Gasteiger partial charge in [-0.25, -0.2) is 9.78 Å². The number of aromatic amines is 1. The summed E-state index contributed by atoms with van der Waals surface area (Å²) >= 11 is 0. The topological polar surface area (TPSA) is 153 Å². The average molecular weight is 560 g/mol. The molecule has 0 aliphatic heterocycles. The van der Waals surface area contributed by atoms with Gasteiger partial charge >= 0.3 is 5.69 Å². The number of H-pyrrole nitrogens is 1. The molecule has 1 aromatic carbocycles. The SMILES string of the molecule is CCCn1c(=O)n(C2CC2)c(=O)c2[nH]c(-c3ccc(C(=O)NC(Cc4ccccc4)C(=O)NCCOC)nc3)nc21. The van der Waals surface area contributed by atoms with Gasteiger partial charge in [-0.1, -0.05) is 37.3 Å². The van der Waals surface area contributed by atoms with Crippen LogP contribution in [0.15, 0.2) is 58.3 Å². The van der Waals surface area contributed by atoms with Gasteiger partial charge < -0.3 is 20.4 Å². The molecule has 12 heteroatoms. The minimum atomic E-state index is -0.817. The lowest BCUT2D eigenvalue weighted by atomic mass is 10.0. The fourth-order valence-electron chi connectivity index (χ4n) is 4.71. The van der Waals surface area contributed by atoms with Crippen LogP contribution in [0.4, 0.5) is 0 Å². The highest BCUT2D eigenvalue weighted by Crippen LogP contribution is 2.32. The number of nitrogens with zero attached hydrogens (tertiary/aromatic N) is 4. The first-order chi connectivity index (χ1) is 19.9. The summed E-state index contributed by atoms with van der Waals surface area (Å²) in [4.78, 5) is 64.0. The number of nitrogens with one attached hydrogen (secondary N) is 3. The van der Waals surface area contributed by atoms with Crippen molar-refractivity contribution < 1.29 is 14.3 Å². The Morgan fingerprint density at radius 2 is 1.93 bits per heavy atom. The summed E-state index contributed by atoms with van der Waals surface area (Å²) in [5, 5.41) is 5.57. The number of imidazole rings is 1. The Kier molecular flexibility index (Phi) is 8.39. The standard InChI is InChI=1S/C29H33N7O5/c1-3-14-35-25-23(28(39)36(29(35)40)20-10-11-20)33-24(34-25)19-9-12-21(31-17-19)27(38)32-22(26(37)30-13-15-41-2)16-18-7-5-4-6-8-18/h4-9,12,17,20,22H,3,10-11,13-16H2,1-2H3,(H,30,37)(H,32,38)(H,33,34). The van der Waals surface area contributed by atoms with Gasteiger partial charge in [0.2, 0.25) is 5.91 Å². The van der Waals surface area contributed by atoms with Crippen molar-refractivity contribution in [2.45, 2.75) is 51.2 Å². The summed E-state index contributed by atoms with van der Waals surface area (Å²) in [6.45, 7) is 3.07. The van der Waals surface area contributed by atoms with Gasteiger partial charge in [-0.15, -0.1) is 0 Å². The van der Waals surface area contributed by atoms with Crippen molar-refractivity contribution in [2.24, 2.45) is 0 Å². The van der Waals surface area contributed by atoms with Crippen LogP contribution in [-0.2, 0) is 22.5 Å². The molecule has 12 nitrogen and oxygen atoms in total. The molecule has 1 unspecified atom stereocenters. The fourth-order valence-corrected chi connectivity index (χ4v) is 4.71. The summed E-state index contributed by atoms with van der Waals surface area (Å²) in [7, 11) is 1.55. The van der Waals surface area contributed by atoms with Crippen LogP contribution >= 0.6 is 0 Å². The largest absolute Gasteiger partial charge is 0.383 e. The molecule has 214 valence electrons. The third-order valence-electron chi connectivity index (χ3n) is 6.95. The number of carbonyl (C=O) groups is 2. The van der Waals surface area contributed by atoms with Crippen molar-refractivity contribution in [3.8, 4) is 11.4 Å². The molecule has 0 radical (unpaired) electrons. The van der Waals surface area contributed by atoms with E-state index in [1.807, 2.05) is 37.3 Å². The maximum absolute atomic E-state index is 13.1. The van der Waals surface area contributed by atoms with Gasteiger partial charge in [0.1, 0.15) is 23.1 Å². The van der Waals surface area contributed by atoms with Crippen molar-refractivity contribution in [1.29, 1.82) is 0 Å². The number of pyridine rings is 1. The van der Waals surface area contributed by atoms with E-state index >= 15 is 0 Å². The van der Waals surface area contributed by atoms with E-state index in [0.717, 1.165) is 18.4 Å².